The van der Waals surface area contributed by atoms with Crippen molar-refractivity contribution in [1.82, 2.24) is 5.32 Å². The first-order valence-corrected chi connectivity index (χ1v) is 6.49. The van der Waals surface area contributed by atoms with E-state index in [1.54, 1.807) is 25.3 Å². The Morgan fingerprint density at radius 1 is 1.15 bits per heavy atom. The lowest BCUT2D eigenvalue weighted by Crippen LogP contribution is -2.21. The number of benzene rings is 2. The highest BCUT2D eigenvalue weighted by Crippen LogP contribution is 2.18. The number of hydrogen-bond donors (Lipinski definition) is 3. The molecule has 0 bridgehead atoms. The Kier molecular flexibility index (Phi) is 4.98. The molecule has 2 aromatic carbocycles. The van der Waals surface area contributed by atoms with Crippen LogP contribution in [0.1, 0.15) is 17.2 Å². The van der Waals surface area contributed by atoms with Gasteiger partial charge in [-0.25, -0.2) is 0 Å². The molecule has 0 heterocycles. The summed E-state index contributed by atoms with van der Waals surface area (Å²) in [5.74, 6) is 0.979. The van der Waals surface area contributed by atoms with E-state index in [1.807, 2.05) is 30.3 Å². The standard InChI is InChI=1S/C16H19NO3/c1-20-15-7-3-5-13(9-15)16(19)11-17-10-12-4-2-6-14(18)8-12/h2-9,16-19H,10-11H2,1H3. The van der Waals surface area contributed by atoms with E-state index >= 15 is 0 Å². The monoisotopic (exact) mass is 273 g/mol. The van der Waals surface area contributed by atoms with Crippen molar-refractivity contribution in [3.8, 4) is 11.5 Å². The maximum Gasteiger partial charge on any atom is 0.119 e. The normalized spacial score (nSPS) is 12.1. The molecule has 4 nitrogen and oxygen atoms in total. The van der Waals surface area contributed by atoms with E-state index in [4.69, 9.17) is 4.74 Å². The largest absolute Gasteiger partial charge is 0.508 e. The van der Waals surface area contributed by atoms with Gasteiger partial charge < -0.3 is 20.3 Å². The number of aromatic hydroxyl groups is 1. The summed E-state index contributed by atoms with van der Waals surface area (Å²) in [6, 6.07) is 14.4. The fraction of sp³-hybridized carbons (Fsp3) is 0.250. The van der Waals surface area contributed by atoms with Gasteiger partial charge in [-0.15, -0.1) is 0 Å². The van der Waals surface area contributed by atoms with E-state index in [1.165, 1.54) is 0 Å². The summed E-state index contributed by atoms with van der Waals surface area (Å²) in [4.78, 5) is 0. The predicted molar refractivity (Wildman–Crippen MR) is 77.8 cm³/mol. The second-order valence-corrected chi connectivity index (χ2v) is 4.59. The third-order valence-corrected chi connectivity index (χ3v) is 3.06. The molecule has 1 atom stereocenters. The minimum atomic E-state index is -0.595. The van der Waals surface area contributed by atoms with Crippen molar-refractivity contribution in [2.45, 2.75) is 12.6 Å². The van der Waals surface area contributed by atoms with Gasteiger partial charge in [0.25, 0.3) is 0 Å². The van der Waals surface area contributed by atoms with Crippen LogP contribution in [0, 0.1) is 0 Å². The summed E-state index contributed by atoms with van der Waals surface area (Å²) in [6.07, 6.45) is -0.595. The number of phenolic OH excluding ortho intramolecular Hbond substituents is 1. The summed E-state index contributed by atoms with van der Waals surface area (Å²) in [5, 5.41) is 22.6. The van der Waals surface area contributed by atoms with Gasteiger partial charge in [0.1, 0.15) is 11.5 Å². The zero-order valence-corrected chi connectivity index (χ0v) is 11.4. The number of rotatable bonds is 6. The van der Waals surface area contributed by atoms with Crippen LogP contribution in [0.3, 0.4) is 0 Å². The molecule has 4 heteroatoms. The van der Waals surface area contributed by atoms with Crippen molar-refractivity contribution in [2.75, 3.05) is 13.7 Å². The molecule has 0 amide bonds. The predicted octanol–water partition coefficient (Wildman–Crippen LogP) is 2.22. The highest BCUT2D eigenvalue weighted by Gasteiger charge is 2.08. The third kappa shape index (κ3) is 3.98. The number of nitrogens with one attached hydrogen (secondary N) is 1. The molecule has 2 rings (SSSR count). The van der Waals surface area contributed by atoms with Crippen LogP contribution in [0.5, 0.6) is 11.5 Å². The smallest absolute Gasteiger partial charge is 0.119 e. The minimum absolute atomic E-state index is 0.248. The molecular formula is C16H19NO3. The van der Waals surface area contributed by atoms with Crippen LogP contribution in [0.15, 0.2) is 48.5 Å². The van der Waals surface area contributed by atoms with Crippen LogP contribution in [-0.2, 0) is 6.54 Å². The Hall–Kier alpha value is -2.04. The summed E-state index contributed by atoms with van der Waals surface area (Å²) in [6.45, 7) is 1.03. The van der Waals surface area contributed by atoms with Crippen LogP contribution >= 0.6 is 0 Å². The topological polar surface area (TPSA) is 61.7 Å². The van der Waals surface area contributed by atoms with Crippen LogP contribution in [-0.4, -0.2) is 23.9 Å². The molecule has 0 saturated carbocycles. The number of ether oxygens (including phenoxy) is 1. The first kappa shape index (κ1) is 14.4. The zero-order valence-electron chi connectivity index (χ0n) is 11.4. The summed E-state index contributed by atoms with van der Waals surface area (Å²) in [7, 11) is 1.60. The third-order valence-electron chi connectivity index (χ3n) is 3.06. The lowest BCUT2D eigenvalue weighted by molar-refractivity contribution is 0.174. The molecule has 0 aliphatic carbocycles. The lowest BCUT2D eigenvalue weighted by atomic mass is 10.1. The van der Waals surface area contributed by atoms with Crippen molar-refractivity contribution in [1.29, 1.82) is 0 Å². The Morgan fingerprint density at radius 2 is 1.95 bits per heavy atom. The summed E-state index contributed by atoms with van der Waals surface area (Å²) < 4.78 is 5.13. The number of phenols is 1. The fourth-order valence-corrected chi connectivity index (χ4v) is 1.99. The second kappa shape index (κ2) is 6.93. The van der Waals surface area contributed by atoms with Gasteiger partial charge in [0.2, 0.25) is 0 Å². The summed E-state index contributed by atoms with van der Waals surface area (Å²) >= 11 is 0. The molecule has 0 radical (unpaired) electrons. The summed E-state index contributed by atoms with van der Waals surface area (Å²) in [5.41, 5.74) is 1.79. The number of hydrogen-bond acceptors (Lipinski definition) is 4. The lowest BCUT2D eigenvalue weighted by Gasteiger charge is -2.13. The molecule has 2 aromatic rings. The Bertz CT molecular complexity index is 557. The van der Waals surface area contributed by atoms with Crippen molar-refractivity contribution < 1.29 is 14.9 Å². The van der Waals surface area contributed by atoms with Crippen LogP contribution in [0.2, 0.25) is 0 Å². The van der Waals surface area contributed by atoms with Crippen molar-refractivity contribution >= 4 is 0 Å². The van der Waals surface area contributed by atoms with Crippen LogP contribution < -0.4 is 10.1 Å². The van der Waals surface area contributed by atoms with E-state index in [-0.39, 0.29) is 5.75 Å². The maximum atomic E-state index is 10.1. The minimum Gasteiger partial charge on any atom is -0.508 e. The number of aliphatic hydroxyl groups excluding tert-OH is 1. The van der Waals surface area contributed by atoms with Crippen LogP contribution in [0.4, 0.5) is 0 Å². The van der Waals surface area contributed by atoms with Crippen LogP contribution in [0.25, 0.3) is 0 Å². The number of methoxy groups -OCH3 is 1. The highest BCUT2D eigenvalue weighted by molar-refractivity contribution is 5.30. The molecule has 0 saturated heterocycles. The molecule has 20 heavy (non-hydrogen) atoms. The average Bonchev–Trinajstić information content (AvgIpc) is 2.47. The van der Waals surface area contributed by atoms with Gasteiger partial charge in [-0.3, -0.25) is 0 Å². The first-order valence-electron chi connectivity index (χ1n) is 6.49. The molecule has 0 spiro atoms. The second-order valence-electron chi connectivity index (χ2n) is 4.59. The Labute approximate surface area is 118 Å². The molecule has 0 aliphatic rings. The van der Waals surface area contributed by atoms with E-state index < -0.39 is 6.10 Å². The molecule has 3 N–H and O–H groups in total. The van der Waals surface area contributed by atoms with Gasteiger partial charge in [-0.1, -0.05) is 24.3 Å². The van der Waals surface area contributed by atoms with Gasteiger partial charge in [0.05, 0.1) is 13.2 Å². The van der Waals surface area contributed by atoms with Crippen molar-refractivity contribution in [3.63, 3.8) is 0 Å². The SMILES string of the molecule is COc1cccc(C(O)CNCc2cccc(O)c2)c1. The molecular weight excluding hydrogens is 254 g/mol. The Balaban J connectivity index is 1.87. The van der Waals surface area contributed by atoms with E-state index in [0.717, 1.165) is 16.9 Å². The first-order chi connectivity index (χ1) is 9.69. The van der Waals surface area contributed by atoms with E-state index in [2.05, 4.69) is 5.32 Å². The van der Waals surface area contributed by atoms with Gasteiger partial charge in [0, 0.05) is 13.1 Å². The highest BCUT2D eigenvalue weighted by atomic mass is 16.5. The quantitative estimate of drug-likeness (QED) is 0.755. The van der Waals surface area contributed by atoms with E-state index in [0.29, 0.717) is 13.1 Å². The molecule has 0 fully saturated rings. The average molecular weight is 273 g/mol. The van der Waals surface area contributed by atoms with Gasteiger partial charge in [-0.2, -0.15) is 0 Å². The fourth-order valence-electron chi connectivity index (χ4n) is 1.99. The molecule has 1 unspecified atom stereocenters. The molecule has 0 aromatic heterocycles. The molecule has 0 aliphatic heterocycles. The molecule has 106 valence electrons. The van der Waals surface area contributed by atoms with Crippen molar-refractivity contribution in [3.05, 3.63) is 59.7 Å². The van der Waals surface area contributed by atoms with E-state index in [9.17, 15) is 10.2 Å². The Morgan fingerprint density at radius 3 is 2.70 bits per heavy atom. The zero-order chi connectivity index (χ0) is 14.4. The maximum absolute atomic E-state index is 10.1. The van der Waals surface area contributed by atoms with Gasteiger partial charge >= 0.3 is 0 Å². The van der Waals surface area contributed by atoms with Gasteiger partial charge in [-0.05, 0) is 35.4 Å². The van der Waals surface area contributed by atoms with Gasteiger partial charge in [0.15, 0.2) is 0 Å². The number of aliphatic hydroxyl groups is 1. The van der Waals surface area contributed by atoms with Crippen molar-refractivity contribution in [2.24, 2.45) is 0 Å².